The summed E-state index contributed by atoms with van der Waals surface area (Å²) < 4.78 is 7.14. The number of fused-ring (bicyclic) bond motifs is 2. The first-order valence-electron chi connectivity index (χ1n) is 10.9. The van der Waals surface area contributed by atoms with Crippen LogP contribution in [0.4, 0.5) is 0 Å². The van der Waals surface area contributed by atoms with Crippen molar-refractivity contribution in [3.8, 4) is 0 Å². The molecule has 3 aromatic carbocycles. The van der Waals surface area contributed by atoms with Crippen molar-refractivity contribution in [3.63, 3.8) is 0 Å². The molecule has 0 N–H and O–H groups in total. The Morgan fingerprint density at radius 1 is 0.848 bits per heavy atom. The summed E-state index contributed by atoms with van der Waals surface area (Å²) >= 11 is 0. The van der Waals surface area contributed by atoms with Gasteiger partial charge < -0.3 is 14.2 Å². The molecule has 0 spiro atoms. The van der Waals surface area contributed by atoms with Crippen LogP contribution in [0.15, 0.2) is 83.7 Å². The number of amides is 1. The number of para-hydroxylation sites is 2. The molecule has 0 bridgehead atoms. The summed E-state index contributed by atoms with van der Waals surface area (Å²) in [5.41, 5.74) is 2.24. The predicted molar refractivity (Wildman–Crippen MR) is 129 cm³/mol. The average Bonchev–Trinajstić information content (AvgIpc) is 2.84. The minimum atomic E-state index is -0.536. The van der Waals surface area contributed by atoms with E-state index in [9.17, 15) is 14.4 Å². The maximum absolute atomic E-state index is 12.9. The minimum Gasteiger partial charge on any atom is -0.454 e. The van der Waals surface area contributed by atoms with E-state index in [0.29, 0.717) is 28.4 Å². The summed E-state index contributed by atoms with van der Waals surface area (Å²) in [7, 11) is 0. The van der Waals surface area contributed by atoms with Gasteiger partial charge in [-0.05, 0) is 43.7 Å². The third kappa shape index (κ3) is 4.80. The second-order valence-corrected chi connectivity index (χ2v) is 8.21. The van der Waals surface area contributed by atoms with E-state index in [1.54, 1.807) is 33.7 Å². The van der Waals surface area contributed by atoms with E-state index < -0.39 is 5.97 Å². The number of carbonyl (C=O) groups excluding carboxylic acids is 2. The van der Waals surface area contributed by atoms with Gasteiger partial charge in [0.15, 0.2) is 12.0 Å². The second-order valence-electron chi connectivity index (χ2n) is 8.21. The van der Waals surface area contributed by atoms with Gasteiger partial charge in [-0.3, -0.25) is 14.4 Å². The Labute approximate surface area is 192 Å². The van der Waals surface area contributed by atoms with Crippen LogP contribution in [-0.2, 0) is 27.4 Å². The molecule has 0 aliphatic rings. The number of nitrogens with zero attached hydrogens (tertiary/aromatic N) is 2. The maximum atomic E-state index is 12.9. The number of hydrogen-bond acceptors (Lipinski definition) is 4. The summed E-state index contributed by atoms with van der Waals surface area (Å²) in [5.74, 6) is -0.789. The summed E-state index contributed by atoms with van der Waals surface area (Å²) in [6.45, 7) is 3.88. The van der Waals surface area contributed by atoms with Gasteiger partial charge in [-0.15, -0.1) is 0 Å². The second kappa shape index (κ2) is 9.69. The van der Waals surface area contributed by atoms with Crippen LogP contribution in [0.5, 0.6) is 0 Å². The zero-order valence-corrected chi connectivity index (χ0v) is 18.7. The fourth-order valence-electron chi connectivity index (χ4n) is 3.99. The SMILES string of the molecule is CC(C)N(Cc1ccccc1)C(=O)COC(=O)Cn1c2ccccc2c(=O)c2ccccc21. The Kier molecular flexibility index (Phi) is 6.54. The monoisotopic (exact) mass is 442 g/mol. The maximum Gasteiger partial charge on any atom is 0.326 e. The first-order chi connectivity index (χ1) is 16.0. The molecule has 0 saturated carbocycles. The molecule has 0 atom stereocenters. The first kappa shape index (κ1) is 22.3. The van der Waals surface area contributed by atoms with Crippen LogP contribution in [0.2, 0.25) is 0 Å². The van der Waals surface area contributed by atoms with E-state index in [2.05, 4.69) is 0 Å². The molecule has 6 nitrogen and oxygen atoms in total. The fourth-order valence-corrected chi connectivity index (χ4v) is 3.99. The molecule has 4 aromatic rings. The number of pyridine rings is 1. The highest BCUT2D eigenvalue weighted by Crippen LogP contribution is 2.19. The molecular formula is C27H26N2O4. The zero-order valence-electron chi connectivity index (χ0n) is 18.7. The minimum absolute atomic E-state index is 0.0386. The van der Waals surface area contributed by atoms with Gasteiger partial charge in [-0.1, -0.05) is 54.6 Å². The smallest absolute Gasteiger partial charge is 0.326 e. The lowest BCUT2D eigenvalue weighted by atomic mass is 10.1. The predicted octanol–water partition coefficient (Wildman–Crippen LogP) is 4.14. The lowest BCUT2D eigenvalue weighted by molar-refractivity contribution is -0.153. The molecule has 0 radical (unpaired) electrons. The van der Waals surface area contributed by atoms with Crippen molar-refractivity contribution in [2.24, 2.45) is 0 Å². The normalized spacial score (nSPS) is 11.1. The summed E-state index contributed by atoms with van der Waals surface area (Å²) in [5, 5.41) is 1.07. The average molecular weight is 443 g/mol. The lowest BCUT2D eigenvalue weighted by Gasteiger charge is -2.26. The van der Waals surface area contributed by atoms with Gasteiger partial charge in [0.2, 0.25) is 0 Å². The van der Waals surface area contributed by atoms with Crippen molar-refractivity contribution >= 4 is 33.7 Å². The van der Waals surface area contributed by atoms with E-state index in [0.717, 1.165) is 5.56 Å². The van der Waals surface area contributed by atoms with Crippen molar-refractivity contribution in [2.45, 2.75) is 33.0 Å². The van der Waals surface area contributed by atoms with Crippen LogP contribution in [0, 0.1) is 0 Å². The summed E-state index contributed by atoms with van der Waals surface area (Å²) in [4.78, 5) is 40.1. The summed E-state index contributed by atoms with van der Waals surface area (Å²) in [6.07, 6.45) is 0. The van der Waals surface area contributed by atoms with Crippen molar-refractivity contribution in [3.05, 3.63) is 94.6 Å². The number of rotatable bonds is 7. The number of hydrogen-bond donors (Lipinski definition) is 0. The third-order valence-corrected chi connectivity index (χ3v) is 5.66. The Morgan fingerprint density at radius 2 is 1.39 bits per heavy atom. The van der Waals surface area contributed by atoms with Crippen molar-refractivity contribution in [2.75, 3.05) is 6.61 Å². The molecule has 6 heteroatoms. The number of carbonyl (C=O) groups is 2. The number of esters is 1. The Morgan fingerprint density at radius 3 is 1.97 bits per heavy atom. The first-order valence-corrected chi connectivity index (χ1v) is 10.9. The number of ether oxygens (including phenoxy) is 1. The van der Waals surface area contributed by atoms with E-state index >= 15 is 0 Å². The molecule has 0 aliphatic carbocycles. The fraction of sp³-hybridized carbons (Fsp3) is 0.222. The van der Waals surface area contributed by atoms with Gasteiger partial charge in [0.05, 0.1) is 11.0 Å². The number of benzene rings is 3. The molecule has 4 rings (SSSR count). The Balaban J connectivity index is 1.52. The van der Waals surface area contributed by atoms with Crippen molar-refractivity contribution in [1.82, 2.24) is 9.47 Å². The standard InChI is InChI=1S/C27H26N2O4/c1-19(2)28(16-20-10-4-3-5-11-20)25(30)18-33-26(31)17-29-23-14-8-6-12-21(23)27(32)22-13-7-9-15-24(22)29/h3-15,19H,16-18H2,1-2H3. The van der Waals surface area contributed by atoms with Crippen molar-refractivity contribution < 1.29 is 14.3 Å². The highest BCUT2D eigenvalue weighted by Gasteiger charge is 2.20. The quantitative estimate of drug-likeness (QED) is 0.319. The Bertz CT molecular complexity index is 1300. The van der Waals surface area contributed by atoms with Gasteiger partial charge in [-0.2, -0.15) is 0 Å². The largest absolute Gasteiger partial charge is 0.454 e. The van der Waals surface area contributed by atoms with Crippen LogP contribution in [0.25, 0.3) is 21.8 Å². The van der Waals surface area contributed by atoms with Gasteiger partial charge >= 0.3 is 5.97 Å². The van der Waals surface area contributed by atoms with Crippen LogP contribution >= 0.6 is 0 Å². The van der Waals surface area contributed by atoms with Crippen LogP contribution < -0.4 is 5.43 Å². The molecule has 1 heterocycles. The van der Waals surface area contributed by atoms with E-state index in [1.165, 1.54) is 0 Å². The van der Waals surface area contributed by atoms with Gasteiger partial charge in [0, 0.05) is 23.4 Å². The van der Waals surface area contributed by atoms with E-state index in [1.807, 2.05) is 68.4 Å². The van der Waals surface area contributed by atoms with Crippen molar-refractivity contribution in [1.29, 1.82) is 0 Å². The number of aromatic nitrogens is 1. The van der Waals surface area contributed by atoms with Gasteiger partial charge in [-0.25, -0.2) is 0 Å². The zero-order chi connectivity index (χ0) is 23.4. The molecule has 1 amide bonds. The van der Waals surface area contributed by atoms with Gasteiger partial charge in [0.1, 0.15) is 6.54 Å². The van der Waals surface area contributed by atoms with Crippen LogP contribution in [0.3, 0.4) is 0 Å². The molecule has 168 valence electrons. The van der Waals surface area contributed by atoms with Gasteiger partial charge in [0.25, 0.3) is 5.91 Å². The molecular weight excluding hydrogens is 416 g/mol. The molecule has 0 unspecified atom stereocenters. The van der Waals surface area contributed by atoms with Crippen LogP contribution in [0.1, 0.15) is 19.4 Å². The highest BCUT2D eigenvalue weighted by atomic mass is 16.5. The van der Waals surface area contributed by atoms with Crippen LogP contribution in [-0.4, -0.2) is 34.0 Å². The molecule has 1 aromatic heterocycles. The van der Waals surface area contributed by atoms with E-state index in [4.69, 9.17) is 4.74 Å². The Hall–Kier alpha value is -3.93. The molecule has 0 saturated heterocycles. The lowest BCUT2D eigenvalue weighted by Crippen LogP contribution is -2.39. The highest BCUT2D eigenvalue weighted by molar-refractivity contribution is 5.94. The topological polar surface area (TPSA) is 68.6 Å². The third-order valence-electron chi connectivity index (χ3n) is 5.66. The van der Waals surface area contributed by atoms with E-state index in [-0.39, 0.29) is 30.5 Å². The molecule has 0 aliphatic heterocycles. The molecule has 0 fully saturated rings. The summed E-state index contributed by atoms with van der Waals surface area (Å²) in [6, 6.07) is 24.0. The molecule has 33 heavy (non-hydrogen) atoms.